The van der Waals surface area contributed by atoms with Gasteiger partial charge in [-0.15, -0.1) is 0 Å². The molecule has 2 nitrogen and oxygen atoms in total. The highest BCUT2D eigenvalue weighted by atomic mass is 15.0. The number of fused-ring (bicyclic) bond motifs is 6. The second kappa shape index (κ2) is 6.85. The van der Waals surface area contributed by atoms with Crippen LogP contribution in [0.25, 0.3) is 55.0 Å². The molecule has 0 aliphatic heterocycles. The third-order valence-electron chi connectivity index (χ3n) is 6.76. The van der Waals surface area contributed by atoms with Crippen LogP contribution in [0.2, 0.25) is 0 Å². The van der Waals surface area contributed by atoms with E-state index in [9.17, 15) is 0 Å². The average molecular weight is 423 g/mol. The molecule has 0 spiro atoms. The molecule has 7 aromatic rings. The first-order chi connectivity index (χ1) is 16.3. The van der Waals surface area contributed by atoms with E-state index in [0.29, 0.717) is 0 Å². The molecule has 0 aliphatic rings. The summed E-state index contributed by atoms with van der Waals surface area (Å²) in [5.41, 5.74) is 8.56. The number of rotatable bonds is 2. The number of aromatic nitrogens is 2. The molecule has 0 amide bonds. The molecule has 2 heterocycles. The Bertz CT molecular complexity index is 1780. The van der Waals surface area contributed by atoms with Crippen LogP contribution in [-0.2, 0) is 0 Å². The van der Waals surface area contributed by atoms with Crippen molar-refractivity contribution in [1.82, 2.24) is 9.13 Å². The zero-order valence-electron chi connectivity index (χ0n) is 18.4. The van der Waals surface area contributed by atoms with Gasteiger partial charge in [0.05, 0.1) is 22.1 Å². The first-order valence-electron chi connectivity index (χ1n) is 11.4. The summed E-state index contributed by atoms with van der Waals surface area (Å²) in [6.07, 6.45) is 0. The normalized spacial score (nSPS) is 11.8. The number of benzene rings is 5. The van der Waals surface area contributed by atoms with Gasteiger partial charge in [0.2, 0.25) is 0 Å². The molecule has 0 N–H and O–H groups in total. The molecule has 156 valence electrons. The van der Waals surface area contributed by atoms with Gasteiger partial charge in [0, 0.05) is 32.9 Å². The Kier molecular flexibility index (Phi) is 3.80. The van der Waals surface area contributed by atoms with Crippen molar-refractivity contribution >= 4 is 43.6 Å². The summed E-state index contributed by atoms with van der Waals surface area (Å²) in [6, 6.07) is 41.7. The average Bonchev–Trinajstić information content (AvgIpc) is 3.36. The van der Waals surface area contributed by atoms with Gasteiger partial charge in [-0.3, -0.25) is 0 Å². The number of nitrogens with zero attached hydrogens (tertiary/aromatic N) is 2. The first-order valence-corrected chi connectivity index (χ1v) is 11.4. The summed E-state index contributed by atoms with van der Waals surface area (Å²) in [5, 5.41) is 5.12. The van der Waals surface area contributed by atoms with Crippen molar-refractivity contribution in [3.05, 3.63) is 121 Å². The van der Waals surface area contributed by atoms with E-state index >= 15 is 0 Å². The van der Waals surface area contributed by atoms with Crippen LogP contribution < -0.4 is 0 Å². The van der Waals surface area contributed by atoms with E-state index in [1.807, 2.05) is 0 Å². The Labute approximate surface area is 191 Å². The minimum absolute atomic E-state index is 1.18. The molecular formula is C31H22N2. The standard InChI is InChI=1S/C31H22N2/c1-21-9-8-10-22(19-21)33-30-16-7-4-13-26(30)27-18-17-23(20-31(27)33)32-28-14-5-2-11-24(28)25-12-3-6-15-29(25)32/h2-20H,1H3. The third kappa shape index (κ3) is 2.61. The van der Waals surface area contributed by atoms with Crippen molar-refractivity contribution in [3.8, 4) is 11.4 Å². The van der Waals surface area contributed by atoms with Gasteiger partial charge in [0.25, 0.3) is 0 Å². The fourth-order valence-electron chi connectivity index (χ4n) is 5.34. The predicted octanol–water partition coefficient (Wildman–Crippen LogP) is 8.19. The monoisotopic (exact) mass is 422 g/mol. The Morgan fingerprint density at radius 1 is 0.394 bits per heavy atom. The van der Waals surface area contributed by atoms with Gasteiger partial charge in [-0.05, 0) is 55.0 Å². The Morgan fingerprint density at radius 3 is 1.45 bits per heavy atom. The molecule has 0 atom stereocenters. The first kappa shape index (κ1) is 18.3. The van der Waals surface area contributed by atoms with Crippen LogP contribution in [-0.4, -0.2) is 9.13 Å². The molecule has 0 saturated carbocycles. The molecule has 0 fully saturated rings. The summed E-state index contributed by atoms with van der Waals surface area (Å²) in [7, 11) is 0. The minimum Gasteiger partial charge on any atom is -0.309 e. The molecule has 5 aromatic carbocycles. The van der Waals surface area contributed by atoms with Gasteiger partial charge in [-0.25, -0.2) is 0 Å². The summed E-state index contributed by atoms with van der Waals surface area (Å²) < 4.78 is 4.79. The molecule has 0 bridgehead atoms. The van der Waals surface area contributed by atoms with Crippen molar-refractivity contribution in [1.29, 1.82) is 0 Å². The van der Waals surface area contributed by atoms with E-state index in [-0.39, 0.29) is 0 Å². The summed E-state index contributed by atoms with van der Waals surface area (Å²) >= 11 is 0. The topological polar surface area (TPSA) is 9.86 Å². The number of para-hydroxylation sites is 3. The Morgan fingerprint density at radius 2 is 0.879 bits per heavy atom. The Hall–Kier alpha value is -4.30. The van der Waals surface area contributed by atoms with E-state index in [1.54, 1.807) is 0 Å². The maximum Gasteiger partial charge on any atom is 0.0561 e. The van der Waals surface area contributed by atoms with Gasteiger partial charge >= 0.3 is 0 Å². The SMILES string of the molecule is Cc1cccc(-n2c3ccccc3c3ccc(-n4c5ccccc5c5ccccc54)cc32)c1. The van der Waals surface area contributed by atoms with Crippen LogP contribution >= 0.6 is 0 Å². The summed E-state index contributed by atoms with van der Waals surface area (Å²) in [6.45, 7) is 2.15. The lowest BCUT2D eigenvalue weighted by atomic mass is 10.1. The van der Waals surface area contributed by atoms with E-state index in [4.69, 9.17) is 0 Å². The predicted molar refractivity (Wildman–Crippen MR) is 140 cm³/mol. The van der Waals surface area contributed by atoms with Crippen LogP contribution in [0.5, 0.6) is 0 Å². The van der Waals surface area contributed by atoms with Gasteiger partial charge in [-0.1, -0.05) is 72.8 Å². The molecular weight excluding hydrogens is 400 g/mol. The van der Waals surface area contributed by atoms with Crippen molar-refractivity contribution in [2.45, 2.75) is 6.92 Å². The maximum atomic E-state index is 2.40. The molecule has 2 aromatic heterocycles. The number of hydrogen-bond acceptors (Lipinski definition) is 0. The van der Waals surface area contributed by atoms with Crippen molar-refractivity contribution in [2.75, 3.05) is 0 Å². The highest BCUT2D eigenvalue weighted by Gasteiger charge is 2.16. The van der Waals surface area contributed by atoms with Crippen LogP contribution in [0.1, 0.15) is 5.56 Å². The maximum absolute atomic E-state index is 2.40. The van der Waals surface area contributed by atoms with E-state index < -0.39 is 0 Å². The zero-order chi connectivity index (χ0) is 21.9. The highest BCUT2D eigenvalue weighted by molar-refractivity contribution is 6.11. The molecule has 7 rings (SSSR count). The molecule has 0 saturated heterocycles. The molecule has 33 heavy (non-hydrogen) atoms. The molecule has 0 radical (unpaired) electrons. The van der Waals surface area contributed by atoms with Crippen LogP contribution in [0.15, 0.2) is 115 Å². The quantitative estimate of drug-likeness (QED) is 0.266. The van der Waals surface area contributed by atoms with Gasteiger partial charge in [0.15, 0.2) is 0 Å². The lowest BCUT2D eigenvalue weighted by Gasteiger charge is -2.11. The van der Waals surface area contributed by atoms with E-state index in [1.165, 1.54) is 60.5 Å². The largest absolute Gasteiger partial charge is 0.309 e. The van der Waals surface area contributed by atoms with Crippen LogP contribution in [0.4, 0.5) is 0 Å². The third-order valence-corrected chi connectivity index (χ3v) is 6.76. The fourth-order valence-corrected chi connectivity index (χ4v) is 5.34. The second-order valence-corrected chi connectivity index (χ2v) is 8.76. The zero-order valence-corrected chi connectivity index (χ0v) is 18.4. The second-order valence-electron chi connectivity index (χ2n) is 8.76. The van der Waals surface area contributed by atoms with Gasteiger partial charge in [-0.2, -0.15) is 0 Å². The highest BCUT2D eigenvalue weighted by Crippen LogP contribution is 2.36. The van der Waals surface area contributed by atoms with E-state index in [0.717, 1.165) is 0 Å². The van der Waals surface area contributed by atoms with Gasteiger partial charge in [0.1, 0.15) is 0 Å². The fraction of sp³-hybridized carbons (Fsp3) is 0.0323. The lowest BCUT2D eigenvalue weighted by molar-refractivity contribution is 1.15. The van der Waals surface area contributed by atoms with E-state index in [2.05, 4.69) is 131 Å². The number of aryl methyl sites for hydroxylation is 1. The lowest BCUT2D eigenvalue weighted by Crippen LogP contribution is -1.97. The minimum atomic E-state index is 1.18. The smallest absolute Gasteiger partial charge is 0.0561 e. The van der Waals surface area contributed by atoms with Crippen molar-refractivity contribution in [3.63, 3.8) is 0 Å². The summed E-state index contributed by atoms with van der Waals surface area (Å²) in [5.74, 6) is 0. The number of hydrogen-bond donors (Lipinski definition) is 0. The summed E-state index contributed by atoms with van der Waals surface area (Å²) in [4.78, 5) is 0. The van der Waals surface area contributed by atoms with Crippen LogP contribution in [0, 0.1) is 6.92 Å². The van der Waals surface area contributed by atoms with Gasteiger partial charge < -0.3 is 9.13 Å². The molecule has 0 unspecified atom stereocenters. The molecule has 2 heteroatoms. The van der Waals surface area contributed by atoms with Crippen molar-refractivity contribution < 1.29 is 0 Å². The molecule has 0 aliphatic carbocycles. The van der Waals surface area contributed by atoms with Crippen LogP contribution in [0.3, 0.4) is 0 Å². The Balaban J connectivity index is 1.61. The van der Waals surface area contributed by atoms with Crippen molar-refractivity contribution in [2.24, 2.45) is 0 Å².